The van der Waals surface area contributed by atoms with E-state index in [2.05, 4.69) is 20.5 Å². The maximum Gasteiger partial charge on any atom is 0.151 e. The molecule has 5 nitrogen and oxygen atoms in total. The first-order chi connectivity index (χ1) is 9.24. The number of hydrogen-bond acceptors (Lipinski definition) is 4. The number of rotatable bonds is 3. The molecule has 2 heterocycles. The highest BCUT2D eigenvalue weighted by Gasteiger charge is 2.04. The number of halogens is 1. The SMILES string of the molecule is Cn1cnnc1CNc1ccnc2cc(Cl)ccc12. The van der Waals surface area contributed by atoms with Gasteiger partial charge in [-0.2, -0.15) is 0 Å². The number of benzene rings is 1. The summed E-state index contributed by atoms with van der Waals surface area (Å²) in [5.74, 6) is 0.874. The fraction of sp³-hybridized carbons (Fsp3) is 0.154. The lowest BCUT2D eigenvalue weighted by Gasteiger charge is -2.09. The minimum atomic E-state index is 0.609. The van der Waals surface area contributed by atoms with E-state index in [9.17, 15) is 0 Å². The Hall–Kier alpha value is -2.14. The van der Waals surface area contributed by atoms with E-state index in [1.54, 1.807) is 12.5 Å². The van der Waals surface area contributed by atoms with Crippen LogP contribution in [0.3, 0.4) is 0 Å². The fourth-order valence-electron chi connectivity index (χ4n) is 1.92. The highest BCUT2D eigenvalue weighted by Crippen LogP contribution is 2.24. The topological polar surface area (TPSA) is 55.6 Å². The van der Waals surface area contributed by atoms with Gasteiger partial charge in [0.1, 0.15) is 6.33 Å². The van der Waals surface area contributed by atoms with Crippen molar-refractivity contribution in [1.29, 1.82) is 0 Å². The van der Waals surface area contributed by atoms with Crippen LogP contribution in [-0.4, -0.2) is 19.7 Å². The Bertz CT molecular complexity index is 722. The molecule has 0 unspecified atom stereocenters. The zero-order valence-electron chi connectivity index (χ0n) is 10.3. The summed E-state index contributed by atoms with van der Waals surface area (Å²) in [5.41, 5.74) is 1.88. The minimum Gasteiger partial charge on any atom is -0.377 e. The van der Waals surface area contributed by atoms with Gasteiger partial charge in [-0.25, -0.2) is 0 Å². The zero-order chi connectivity index (χ0) is 13.2. The molecule has 0 saturated heterocycles. The molecule has 19 heavy (non-hydrogen) atoms. The Balaban J connectivity index is 1.91. The van der Waals surface area contributed by atoms with Crippen molar-refractivity contribution < 1.29 is 0 Å². The van der Waals surface area contributed by atoms with Gasteiger partial charge in [0.15, 0.2) is 5.82 Å². The Morgan fingerprint density at radius 2 is 2.21 bits per heavy atom. The Morgan fingerprint density at radius 3 is 3.00 bits per heavy atom. The van der Waals surface area contributed by atoms with Crippen molar-refractivity contribution in [1.82, 2.24) is 19.7 Å². The molecule has 0 aliphatic rings. The molecular weight excluding hydrogens is 262 g/mol. The first kappa shape index (κ1) is 11.9. The number of pyridine rings is 1. The predicted molar refractivity (Wildman–Crippen MR) is 75.1 cm³/mol. The third-order valence-electron chi connectivity index (χ3n) is 2.95. The third kappa shape index (κ3) is 2.37. The van der Waals surface area contributed by atoms with E-state index in [0.717, 1.165) is 22.4 Å². The highest BCUT2D eigenvalue weighted by molar-refractivity contribution is 6.31. The van der Waals surface area contributed by atoms with Crippen molar-refractivity contribution in [3.63, 3.8) is 0 Å². The summed E-state index contributed by atoms with van der Waals surface area (Å²) in [7, 11) is 1.92. The second-order valence-electron chi connectivity index (χ2n) is 4.23. The Kier molecular flexibility index (Phi) is 3.05. The van der Waals surface area contributed by atoms with E-state index in [1.807, 2.05) is 35.9 Å². The van der Waals surface area contributed by atoms with Crippen LogP contribution in [-0.2, 0) is 13.6 Å². The first-order valence-corrected chi connectivity index (χ1v) is 6.23. The molecule has 96 valence electrons. The van der Waals surface area contributed by atoms with Crippen LogP contribution in [0.1, 0.15) is 5.82 Å². The maximum atomic E-state index is 5.97. The molecule has 0 spiro atoms. The number of nitrogens with one attached hydrogen (secondary N) is 1. The first-order valence-electron chi connectivity index (χ1n) is 5.85. The van der Waals surface area contributed by atoms with Crippen LogP contribution in [0.5, 0.6) is 0 Å². The van der Waals surface area contributed by atoms with Crippen molar-refractivity contribution in [2.75, 3.05) is 5.32 Å². The monoisotopic (exact) mass is 273 g/mol. The molecule has 0 fully saturated rings. The van der Waals surface area contributed by atoms with Gasteiger partial charge in [0.05, 0.1) is 12.1 Å². The van der Waals surface area contributed by atoms with Crippen molar-refractivity contribution >= 4 is 28.2 Å². The Morgan fingerprint density at radius 1 is 1.32 bits per heavy atom. The number of anilines is 1. The van der Waals surface area contributed by atoms with Gasteiger partial charge in [0.2, 0.25) is 0 Å². The lowest BCUT2D eigenvalue weighted by Crippen LogP contribution is -2.06. The van der Waals surface area contributed by atoms with Crippen LogP contribution in [0.2, 0.25) is 5.02 Å². The number of nitrogens with zero attached hydrogens (tertiary/aromatic N) is 4. The van der Waals surface area contributed by atoms with Gasteiger partial charge in [0.25, 0.3) is 0 Å². The summed E-state index contributed by atoms with van der Waals surface area (Å²) >= 11 is 5.97. The van der Waals surface area contributed by atoms with Crippen LogP contribution in [0.4, 0.5) is 5.69 Å². The molecule has 1 N–H and O–H groups in total. The standard InChI is InChI=1S/C13H12ClN5/c1-19-8-17-18-13(19)7-16-11-4-5-15-12-6-9(14)2-3-10(11)12/h2-6,8H,7H2,1H3,(H,15,16). The second kappa shape index (κ2) is 4.85. The van der Waals surface area contributed by atoms with Gasteiger partial charge < -0.3 is 9.88 Å². The molecule has 3 aromatic rings. The number of aryl methyl sites for hydroxylation is 1. The van der Waals surface area contributed by atoms with Gasteiger partial charge >= 0.3 is 0 Å². The largest absolute Gasteiger partial charge is 0.377 e. The van der Waals surface area contributed by atoms with Crippen LogP contribution >= 0.6 is 11.6 Å². The molecule has 0 saturated carbocycles. The molecule has 2 aromatic heterocycles. The van der Waals surface area contributed by atoms with Crippen LogP contribution < -0.4 is 5.32 Å². The summed E-state index contributed by atoms with van der Waals surface area (Å²) in [6, 6.07) is 7.61. The van der Waals surface area contributed by atoms with Gasteiger partial charge in [-0.1, -0.05) is 11.6 Å². The van der Waals surface area contributed by atoms with Crippen LogP contribution in [0.15, 0.2) is 36.8 Å². The molecule has 0 amide bonds. The maximum absolute atomic E-state index is 5.97. The van der Waals surface area contributed by atoms with E-state index < -0.39 is 0 Å². The number of aromatic nitrogens is 4. The molecule has 0 bridgehead atoms. The normalized spacial score (nSPS) is 10.8. The van der Waals surface area contributed by atoms with Crippen LogP contribution in [0.25, 0.3) is 10.9 Å². The minimum absolute atomic E-state index is 0.609. The van der Waals surface area contributed by atoms with E-state index in [4.69, 9.17) is 11.6 Å². The van der Waals surface area contributed by atoms with E-state index >= 15 is 0 Å². The highest BCUT2D eigenvalue weighted by atomic mass is 35.5. The Labute approximate surface area is 115 Å². The summed E-state index contributed by atoms with van der Waals surface area (Å²) < 4.78 is 1.88. The molecule has 0 radical (unpaired) electrons. The quantitative estimate of drug-likeness (QED) is 0.797. The molecular formula is C13H12ClN5. The summed E-state index contributed by atoms with van der Waals surface area (Å²) in [6.07, 6.45) is 3.44. The van der Waals surface area contributed by atoms with Gasteiger partial charge in [-0.05, 0) is 24.3 Å². The van der Waals surface area contributed by atoms with Crippen LogP contribution in [0, 0.1) is 0 Å². The smallest absolute Gasteiger partial charge is 0.151 e. The second-order valence-corrected chi connectivity index (χ2v) is 4.67. The van der Waals surface area contributed by atoms with Crippen molar-refractivity contribution in [2.45, 2.75) is 6.54 Å². The van der Waals surface area contributed by atoms with E-state index in [0.29, 0.717) is 11.6 Å². The third-order valence-corrected chi connectivity index (χ3v) is 3.18. The summed E-state index contributed by atoms with van der Waals surface area (Å²) in [6.45, 7) is 0.609. The number of hydrogen-bond donors (Lipinski definition) is 1. The summed E-state index contributed by atoms with van der Waals surface area (Å²) in [4.78, 5) is 4.31. The lowest BCUT2D eigenvalue weighted by atomic mass is 10.2. The van der Waals surface area contributed by atoms with Crippen molar-refractivity contribution in [3.8, 4) is 0 Å². The average Bonchev–Trinajstić information content (AvgIpc) is 2.81. The predicted octanol–water partition coefficient (Wildman–Crippen LogP) is 2.63. The van der Waals surface area contributed by atoms with Crippen molar-refractivity contribution in [2.24, 2.45) is 7.05 Å². The molecule has 3 rings (SSSR count). The van der Waals surface area contributed by atoms with Crippen molar-refractivity contribution in [3.05, 3.63) is 47.6 Å². The molecule has 1 aromatic carbocycles. The molecule has 0 aliphatic heterocycles. The number of fused-ring (bicyclic) bond motifs is 1. The van der Waals surface area contributed by atoms with Gasteiger partial charge in [-0.15, -0.1) is 10.2 Å². The van der Waals surface area contributed by atoms with E-state index in [1.165, 1.54) is 0 Å². The molecule has 0 atom stereocenters. The zero-order valence-corrected chi connectivity index (χ0v) is 11.1. The average molecular weight is 274 g/mol. The van der Waals surface area contributed by atoms with Gasteiger partial charge in [0, 0.05) is 29.3 Å². The molecule has 0 aliphatic carbocycles. The van der Waals surface area contributed by atoms with Gasteiger partial charge in [-0.3, -0.25) is 4.98 Å². The lowest BCUT2D eigenvalue weighted by molar-refractivity contribution is 0.812. The summed E-state index contributed by atoms with van der Waals surface area (Å²) in [5, 5.41) is 13.0. The van der Waals surface area contributed by atoms with E-state index in [-0.39, 0.29) is 0 Å². The molecule has 6 heteroatoms. The fourth-order valence-corrected chi connectivity index (χ4v) is 2.08.